The van der Waals surface area contributed by atoms with E-state index < -0.39 is 0 Å². The van der Waals surface area contributed by atoms with Crippen molar-refractivity contribution in [3.8, 4) is 0 Å². The Kier molecular flexibility index (Phi) is 3.47. The molecule has 1 aliphatic rings. The fourth-order valence-corrected chi connectivity index (χ4v) is 1.92. The van der Waals surface area contributed by atoms with E-state index in [0.717, 1.165) is 31.0 Å². The zero-order valence-corrected chi connectivity index (χ0v) is 10.5. The molecule has 1 aliphatic carbocycles. The van der Waals surface area contributed by atoms with E-state index in [0.29, 0.717) is 11.2 Å². The summed E-state index contributed by atoms with van der Waals surface area (Å²) in [5, 5.41) is 3.38. The Morgan fingerprint density at radius 3 is 2.88 bits per heavy atom. The summed E-state index contributed by atoms with van der Waals surface area (Å²) in [6.07, 6.45) is 5.14. The molecular weight excluding hydrogens is 216 g/mol. The topological polar surface area (TPSA) is 73.1 Å². The van der Waals surface area contributed by atoms with Gasteiger partial charge in [-0.25, -0.2) is 9.97 Å². The van der Waals surface area contributed by atoms with E-state index in [2.05, 4.69) is 15.3 Å². The first-order valence-electron chi connectivity index (χ1n) is 5.97. The predicted octanol–water partition coefficient (Wildman–Crippen LogP) is 1.60. The van der Waals surface area contributed by atoms with Gasteiger partial charge in [-0.05, 0) is 31.6 Å². The molecule has 1 aromatic heterocycles. The number of hydrogen-bond donors (Lipinski definition) is 2. The number of methoxy groups -OCH3 is 1. The van der Waals surface area contributed by atoms with Crippen LogP contribution in [0.5, 0.6) is 0 Å². The molecule has 5 heteroatoms. The molecule has 0 saturated heterocycles. The minimum absolute atomic E-state index is 0.405. The number of anilines is 2. The normalized spacial score (nSPS) is 16.8. The van der Waals surface area contributed by atoms with E-state index >= 15 is 0 Å². The lowest BCUT2D eigenvalue weighted by Gasteiger charge is -2.17. The first kappa shape index (κ1) is 12.1. The van der Waals surface area contributed by atoms with Crippen molar-refractivity contribution < 1.29 is 4.74 Å². The first-order chi connectivity index (χ1) is 8.17. The highest BCUT2D eigenvalue weighted by Crippen LogP contribution is 2.48. The van der Waals surface area contributed by atoms with Gasteiger partial charge in [-0.2, -0.15) is 0 Å². The van der Waals surface area contributed by atoms with Crippen LogP contribution in [-0.2, 0) is 4.74 Å². The molecule has 1 saturated carbocycles. The lowest BCUT2D eigenvalue weighted by Crippen LogP contribution is -2.18. The van der Waals surface area contributed by atoms with Crippen LogP contribution in [0.3, 0.4) is 0 Å². The number of aromatic nitrogens is 2. The van der Waals surface area contributed by atoms with Gasteiger partial charge in [0.05, 0.1) is 0 Å². The van der Waals surface area contributed by atoms with Crippen molar-refractivity contribution in [2.75, 3.05) is 31.3 Å². The summed E-state index contributed by atoms with van der Waals surface area (Å²) in [6, 6.07) is 0. The SMILES string of the molecule is COCCC1(CNc2ncnc(N)c2C)CC1. The lowest BCUT2D eigenvalue weighted by atomic mass is 10.0. The van der Waals surface area contributed by atoms with Crippen molar-refractivity contribution in [3.63, 3.8) is 0 Å². The fourth-order valence-electron chi connectivity index (χ4n) is 1.92. The van der Waals surface area contributed by atoms with Crippen LogP contribution in [0, 0.1) is 12.3 Å². The summed E-state index contributed by atoms with van der Waals surface area (Å²) in [6.45, 7) is 3.70. The third-order valence-corrected chi connectivity index (χ3v) is 3.55. The van der Waals surface area contributed by atoms with Gasteiger partial charge in [0.2, 0.25) is 0 Å². The van der Waals surface area contributed by atoms with Crippen LogP contribution in [-0.4, -0.2) is 30.2 Å². The highest BCUT2D eigenvalue weighted by atomic mass is 16.5. The minimum atomic E-state index is 0.405. The number of nitrogen functional groups attached to an aromatic ring is 1. The van der Waals surface area contributed by atoms with Crippen LogP contribution in [0.2, 0.25) is 0 Å². The van der Waals surface area contributed by atoms with Gasteiger partial charge >= 0.3 is 0 Å². The number of ether oxygens (including phenoxy) is 1. The number of hydrogen-bond acceptors (Lipinski definition) is 5. The van der Waals surface area contributed by atoms with Crippen LogP contribution >= 0.6 is 0 Å². The van der Waals surface area contributed by atoms with Crippen LogP contribution < -0.4 is 11.1 Å². The van der Waals surface area contributed by atoms with Gasteiger partial charge in [-0.3, -0.25) is 0 Å². The summed E-state index contributed by atoms with van der Waals surface area (Å²) >= 11 is 0. The van der Waals surface area contributed by atoms with Gasteiger partial charge in [0.1, 0.15) is 18.0 Å². The number of nitrogens with one attached hydrogen (secondary N) is 1. The van der Waals surface area contributed by atoms with Crippen LogP contribution in [0.1, 0.15) is 24.8 Å². The molecule has 0 radical (unpaired) electrons. The predicted molar refractivity (Wildman–Crippen MR) is 67.8 cm³/mol. The molecule has 1 aromatic rings. The average Bonchev–Trinajstić information content (AvgIpc) is 3.09. The molecule has 1 fully saturated rings. The molecule has 1 heterocycles. The lowest BCUT2D eigenvalue weighted by molar-refractivity contribution is 0.175. The number of nitrogens with two attached hydrogens (primary N) is 1. The largest absolute Gasteiger partial charge is 0.385 e. The highest BCUT2D eigenvalue weighted by Gasteiger charge is 2.41. The van der Waals surface area contributed by atoms with Gasteiger partial charge in [0.25, 0.3) is 0 Å². The quantitative estimate of drug-likeness (QED) is 0.784. The Hall–Kier alpha value is -1.36. The molecule has 5 nitrogen and oxygen atoms in total. The van der Waals surface area contributed by atoms with Gasteiger partial charge in [-0.1, -0.05) is 0 Å². The summed E-state index contributed by atoms with van der Waals surface area (Å²) < 4.78 is 5.14. The Morgan fingerprint density at radius 2 is 2.24 bits per heavy atom. The third-order valence-electron chi connectivity index (χ3n) is 3.55. The summed E-state index contributed by atoms with van der Waals surface area (Å²) in [7, 11) is 1.75. The fraction of sp³-hybridized carbons (Fsp3) is 0.667. The van der Waals surface area contributed by atoms with Crippen molar-refractivity contribution in [3.05, 3.63) is 11.9 Å². The Balaban J connectivity index is 1.92. The van der Waals surface area contributed by atoms with Crippen molar-refractivity contribution in [1.82, 2.24) is 9.97 Å². The molecule has 3 N–H and O–H groups in total. The molecule has 2 rings (SSSR count). The van der Waals surface area contributed by atoms with Crippen molar-refractivity contribution in [2.45, 2.75) is 26.2 Å². The van der Waals surface area contributed by atoms with Crippen LogP contribution in [0.25, 0.3) is 0 Å². The van der Waals surface area contributed by atoms with Gasteiger partial charge in [0.15, 0.2) is 0 Å². The van der Waals surface area contributed by atoms with Gasteiger partial charge < -0.3 is 15.8 Å². The maximum Gasteiger partial charge on any atom is 0.134 e. The van der Waals surface area contributed by atoms with E-state index in [-0.39, 0.29) is 0 Å². The van der Waals surface area contributed by atoms with Gasteiger partial charge in [0, 0.05) is 25.8 Å². The molecule has 0 spiro atoms. The minimum Gasteiger partial charge on any atom is -0.385 e. The van der Waals surface area contributed by atoms with Crippen LogP contribution in [0.15, 0.2) is 6.33 Å². The Labute approximate surface area is 102 Å². The summed E-state index contributed by atoms with van der Waals surface area (Å²) in [5.41, 5.74) is 7.08. The van der Waals surface area contributed by atoms with E-state index in [1.165, 1.54) is 19.2 Å². The third kappa shape index (κ3) is 2.85. The molecule has 0 amide bonds. The average molecular weight is 236 g/mol. The second kappa shape index (κ2) is 4.87. The second-order valence-corrected chi connectivity index (χ2v) is 4.83. The zero-order chi connectivity index (χ0) is 12.3. The molecule has 0 unspecified atom stereocenters. The van der Waals surface area contributed by atoms with Crippen molar-refractivity contribution >= 4 is 11.6 Å². The molecule has 0 aliphatic heterocycles. The monoisotopic (exact) mass is 236 g/mol. The molecule has 94 valence electrons. The molecule has 0 atom stereocenters. The van der Waals surface area contributed by atoms with Crippen molar-refractivity contribution in [2.24, 2.45) is 5.41 Å². The summed E-state index contributed by atoms with van der Waals surface area (Å²) in [5.74, 6) is 1.39. The number of rotatable bonds is 6. The van der Waals surface area contributed by atoms with Gasteiger partial charge in [-0.15, -0.1) is 0 Å². The zero-order valence-electron chi connectivity index (χ0n) is 10.5. The van der Waals surface area contributed by atoms with Crippen LogP contribution in [0.4, 0.5) is 11.6 Å². The first-order valence-corrected chi connectivity index (χ1v) is 5.97. The maximum absolute atomic E-state index is 5.74. The maximum atomic E-state index is 5.74. The summed E-state index contributed by atoms with van der Waals surface area (Å²) in [4.78, 5) is 8.17. The van der Waals surface area contributed by atoms with E-state index in [1.54, 1.807) is 7.11 Å². The second-order valence-electron chi connectivity index (χ2n) is 4.83. The van der Waals surface area contributed by atoms with Crippen molar-refractivity contribution in [1.29, 1.82) is 0 Å². The molecular formula is C12H20N4O. The Morgan fingerprint density at radius 1 is 1.47 bits per heavy atom. The molecule has 0 aromatic carbocycles. The number of nitrogens with zero attached hydrogens (tertiary/aromatic N) is 2. The van der Waals surface area contributed by atoms with E-state index in [9.17, 15) is 0 Å². The smallest absolute Gasteiger partial charge is 0.134 e. The highest BCUT2D eigenvalue weighted by molar-refractivity contribution is 5.53. The molecule has 0 bridgehead atoms. The van der Waals surface area contributed by atoms with E-state index in [1.807, 2.05) is 6.92 Å². The standard InChI is InChI=1S/C12H20N4O/c1-9-10(13)15-8-16-11(9)14-7-12(3-4-12)5-6-17-2/h8H,3-7H2,1-2H3,(H3,13,14,15,16). The molecule has 17 heavy (non-hydrogen) atoms. The van der Waals surface area contributed by atoms with E-state index in [4.69, 9.17) is 10.5 Å². The Bertz CT molecular complexity index is 390.